The van der Waals surface area contributed by atoms with Crippen LogP contribution in [0.15, 0.2) is 0 Å². The minimum absolute atomic E-state index is 0.424. The lowest BCUT2D eigenvalue weighted by Gasteiger charge is -2.05. The highest BCUT2D eigenvalue weighted by molar-refractivity contribution is 5.56. The maximum Gasteiger partial charge on any atom is 0.229 e. The summed E-state index contributed by atoms with van der Waals surface area (Å²) in [6.45, 7) is 3.14. The lowest BCUT2D eigenvalue weighted by Crippen LogP contribution is -2.14. The van der Waals surface area contributed by atoms with Gasteiger partial charge in [0.2, 0.25) is 6.29 Å². The normalized spacial score (nSPS) is 13.0. The number of hydrogen-bond donors (Lipinski definition) is 0. The molecule has 1 unspecified atom stereocenters. The number of ether oxygens (including phenoxy) is 2. The maximum absolute atomic E-state index is 10.0. The fourth-order valence-electron chi connectivity index (χ4n) is 0.560. The Morgan fingerprint density at radius 2 is 2.30 bits per heavy atom. The van der Waals surface area contributed by atoms with E-state index in [4.69, 9.17) is 9.47 Å². The Morgan fingerprint density at radius 1 is 1.60 bits per heavy atom. The largest absolute Gasteiger partial charge is 0.382 e. The van der Waals surface area contributed by atoms with Gasteiger partial charge in [0.1, 0.15) is 6.10 Å². The first-order valence-corrected chi connectivity index (χ1v) is 3.33. The topological polar surface area (TPSA) is 35.5 Å². The molecule has 0 N–H and O–H groups in total. The number of hydrogen-bond acceptors (Lipinski definition) is 3. The summed E-state index contributed by atoms with van der Waals surface area (Å²) in [5, 5.41) is 0. The van der Waals surface area contributed by atoms with Crippen LogP contribution in [0.1, 0.15) is 13.3 Å². The third-order valence-electron chi connectivity index (χ3n) is 1.14. The number of methoxy groups -OCH3 is 1. The summed E-state index contributed by atoms with van der Waals surface area (Å²) in [7, 11) is 1.49. The summed E-state index contributed by atoms with van der Waals surface area (Å²) < 4.78 is 9.75. The van der Waals surface area contributed by atoms with Gasteiger partial charge in [0.05, 0.1) is 0 Å². The average molecular weight is 145 g/mol. The van der Waals surface area contributed by atoms with Crippen LogP contribution in [-0.4, -0.2) is 32.7 Å². The van der Waals surface area contributed by atoms with E-state index in [9.17, 15) is 4.79 Å². The van der Waals surface area contributed by atoms with Crippen molar-refractivity contribution in [3.63, 3.8) is 0 Å². The van der Waals surface area contributed by atoms with Crippen LogP contribution in [-0.2, 0) is 14.3 Å². The highest BCUT2D eigenvalue weighted by Crippen LogP contribution is 1.92. The van der Waals surface area contributed by atoms with E-state index in [-0.39, 0.29) is 0 Å². The zero-order chi connectivity index (χ0) is 7.82. The fraction of sp³-hybridized carbons (Fsp3) is 0.857. The van der Waals surface area contributed by atoms with E-state index in [2.05, 4.69) is 0 Å². The third-order valence-corrected chi connectivity index (χ3v) is 1.14. The molecule has 1 atom stereocenters. The number of carbonyl (C=O) groups excluding carboxylic acids is 1. The van der Waals surface area contributed by atoms with Crippen LogP contribution in [0, 0.1) is 0 Å². The van der Waals surface area contributed by atoms with Crippen molar-refractivity contribution in [3.8, 4) is 0 Å². The van der Waals surface area contributed by atoms with Crippen LogP contribution < -0.4 is 0 Å². The third kappa shape index (κ3) is 4.47. The molecular formula is C7H13O3. The molecule has 0 rings (SSSR count). The van der Waals surface area contributed by atoms with Gasteiger partial charge in [0.15, 0.2) is 0 Å². The van der Waals surface area contributed by atoms with Crippen molar-refractivity contribution < 1.29 is 14.3 Å². The predicted molar refractivity (Wildman–Crippen MR) is 37.6 cm³/mol. The van der Waals surface area contributed by atoms with Crippen LogP contribution in [0.5, 0.6) is 0 Å². The Hall–Kier alpha value is -0.410. The molecule has 0 bridgehead atoms. The maximum atomic E-state index is 10.0. The minimum Gasteiger partial charge on any atom is -0.382 e. The first-order valence-electron chi connectivity index (χ1n) is 3.33. The molecule has 0 amide bonds. The van der Waals surface area contributed by atoms with Gasteiger partial charge >= 0.3 is 0 Å². The molecule has 0 aliphatic rings. The van der Waals surface area contributed by atoms with Crippen LogP contribution >= 0.6 is 0 Å². The molecule has 0 spiro atoms. The first-order chi connectivity index (χ1) is 4.85. The molecular weight excluding hydrogens is 132 g/mol. The van der Waals surface area contributed by atoms with E-state index in [0.717, 1.165) is 0 Å². The zero-order valence-corrected chi connectivity index (χ0v) is 6.42. The second-order valence-corrected chi connectivity index (χ2v) is 1.83. The van der Waals surface area contributed by atoms with Gasteiger partial charge in [-0.15, -0.1) is 0 Å². The van der Waals surface area contributed by atoms with Crippen LogP contribution in [0.4, 0.5) is 0 Å². The van der Waals surface area contributed by atoms with Crippen molar-refractivity contribution >= 4 is 6.29 Å². The van der Waals surface area contributed by atoms with Gasteiger partial charge in [-0.3, -0.25) is 4.79 Å². The van der Waals surface area contributed by atoms with Gasteiger partial charge in [-0.1, -0.05) is 0 Å². The molecule has 10 heavy (non-hydrogen) atoms. The highest BCUT2D eigenvalue weighted by atomic mass is 16.5. The van der Waals surface area contributed by atoms with E-state index in [1.165, 1.54) is 7.11 Å². The molecule has 1 radical (unpaired) electrons. The van der Waals surface area contributed by atoms with Gasteiger partial charge in [-0.25, -0.2) is 0 Å². The summed E-state index contributed by atoms with van der Waals surface area (Å²) in [4.78, 5) is 10.0. The monoisotopic (exact) mass is 145 g/mol. The molecule has 0 aromatic rings. The van der Waals surface area contributed by atoms with E-state index in [1.807, 2.05) is 6.92 Å². The smallest absolute Gasteiger partial charge is 0.229 e. The average Bonchev–Trinajstić information content (AvgIpc) is 1.99. The van der Waals surface area contributed by atoms with E-state index >= 15 is 0 Å². The van der Waals surface area contributed by atoms with Crippen molar-refractivity contribution in [3.05, 3.63) is 0 Å². The van der Waals surface area contributed by atoms with Gasteiger partial charge in [-0.2, -0.15) is 0 Å². The predicted octanol–water partition coefficient (Wildman–Crippen LogP) is 0.538. The number of rotatable bonds is 6. The molecule has 0 saturated heterocycles. The van der Waals surface area contributed by atoms with E-state index < -0.39 is 6.10 Å². The molecule has 0 aromatic heterocycles. The summed E-state index contributed by atoms with van der Waals surface area (Å²) in [6, 6.07) is 0. The van der Waals surface area contributed by atoms with E-state index in [0.29, 0.717) is 19.6 Å². The summed E-state index contributed by atoms with van der Waals surface area (Å²) in [6.07, 6.45) is 1.93. The molecule has 0 aliphatic heterocycles. The summed E-state index contributed by atoms with van der Waals surface area (Å²) in [5.74, 6) is 0. The molecule has 0 fully saturated rings. The van der Waals surface area contributed by atoms with Gasteiger partial charge in [-0.05, 0) is 6.92 Å². The molecule has 3 heteroatoms. The molecule has 0 saturated carbocycles. The van der Waals surface area contributed by atoms with Gasteiger partial charge in [0.25, 0.3) is 0 Å². The first kappa shape index (κ1) is 9.59. The Kier molecular flexibility index (Phi) is 6.43. The lowest BCUT2D eigenvalue weighted by molar-refractivity contribution is 0.0874. The van der Waals surface area contributed by atoms with Gasteiger partial charge < -0.3 is 9.47 Å². The van der Waals surface area contributed by atoms with Crippen molar-refractivity contribution in [2.24, 2.45) is 0 Å². The van der Waals surface area contributed by atoms with Crippen molar-refractivity contribution in [2.75, 3.05) is 20.3 Å². The molecule has 3 nitrogen and oxygen atoms in total. The molecule has 0 aliphatic carbocycles. The van der Waals surface area contributed by atoms with Crippen LogP contribution in [0.3, 0.4) is 0 Å². The van der Waals surface area contributed by atoms with Crippen LogP contribution in [0.2, 0.25) is 0 Å². The fourth-order valence-corrected chi connectivity index (χ4v) is 0.560. The van der Waals surface area contributed by atoms with Crippen molar-refractivity contribution in [1.29, 1.82) is 0 Å². The Balaban J connectivity index is 3.17. The summed E-state index contributed by atoms with van der Waals surface area (Å²) in [5.41, 5.74) is 0. The Morgan fingerprint density at radius 3 is 2.70 bits per heavy atom. The SMILES string of the molecule is CCOCCC([C]=O)OC. The molecule has 0 heterocycles. The second-order valence-electron chi connectivity index (χ2n) is 1.83. The standard InChI is InChI=1S/C7H13O3/c1-3-10-5-4-7(6-8)9-2/h7H,3-5H2,1-2H3. The Labute approximate surface area is 61.3 Å². The van der Waals surface area contributed by atoms with Gasteiger partial charge in [0, 0.05) is 26.7 Å². The van der Waals surface area contributed by atoms with Crippen molar-refractivity contribution in [1.82, 2.24) is 0 Å². The van der Waals surface area contributed by atoms with Crippen molar-refractivity contribution in [2.45, 2.75) is 19.4 Å². The highest BCUT2D eigenvalue weighted by Gasteiger charge is 2.04. The van der Waals surface area contributed by atoms with E-state index in [1.54, 1.807) is 6.29 Å². The summed E-state index contributed by atoms with van der Waals surface area (Å²) >= 11 is 0. The minimum atomic E-state index is -0.424. The van der Waals surface area contributed by atoms with Crippen LogP contribution in [0.25, 0.3) is 0 Å². The lowest BCUT2D eigenvalue weighted by atomic mass is 10.3. The quantitative estimate of drug-likeness (QED) is 0.512. The second kappa shape index (κ2) is 6.71. The Bertz CT molecular complexity index is 82.9. The molecule has 59 valence electrons. The molecule has 0 aromatic carbocycles. The zero-order valence-electron chi connectivity index (χ0n) is 6.42.